The molecule has 0 aliphatic rings. The van der Waals surface area contributed by atoms with Crippen LogP contribution in [0.25, 0.3) is 0 Å². The van der Waals surface area contributed by atoms with Gasteiger partial charge >= 0.3 is 0 Å². The number of ether oxygens (including phenoxy) is 1. The fourth-order valence-corrected chi connectivity index (χ4v) is 1.40. The van der Waals surface area contributed by atoms with Gasteiger partial charge in [-0.3, -0.25) is 0 Å². The number of halogens is 1. The number of nitrogen functional groups attached to an aromatic ring is 1. The molecule has 0 heterocycles. The van der Waals surface area contributed by atoms with Crippen LogP contribution < -0.4 is 10.5 Å². The van der Waals surface area contributed by atoms with Gasteiger partial charge in [-0.15, -0.1) is 0 Å². The first-order valence-electron chi connectivity index (χ1n) is 5.11. The van der Waals surface area contributed by atoms with Crippen molar-refractivity contribution in [2.75, 3.05) is 5.73 Å². The zero-order valence-corrected chi connectivity index (χ0v) is 9.06. The highest BCUT2D eigenvalue weighted by molar-refractivity contribution is 5.52. The molecule has 3 N–H and O–H groups in total. The number of rotatable bonds is 3. The normalized spacial score (nSPS) is 10.2. The third-order valence-corrected chi connectivity index (χ3v) is 2.30. The largest absolute Gasteiger partial charge is 0.506 e. The molecule has 0 aliphatic carbocycles. The van der Waals surface area contributed by atoms with Gasteiger partial charge < -0.3 is 15.6 Å². The van der Waals surface area contributed by atoms with Crippen molar-refractivity contribution >= 4 is 5.69 Å². The van der Waals surface area contributed by atoms with Crippen molar-refractivity contribution < 1.29 is 14.2 Å². The molecular weight excluding hydrogens is 221 g/mol. The quantitative estimate of drug-likeness (QED) is 0.633. The first-order valence-corrected chi connectivity index (χ1v) is 5.11. The van der Waals surface area contributed by atoms with Crippen LogP contribution in [0.3, 0.4) is 0 Å². The second-order valence-electron chi connectivity index (χ2n) is 3.64. The minimum atomic E-state index is -0.345. The van der Waals surface area contributed by atoms with Gasteiger partial charge in [0.2, 0.25) is 0 Å². The maximum Gasteiger partial charge on any atom is 0.138 e. The number of hydrogen-bond donors (Lipinski definition) is 2. The molecule has 0 fully saturated rings. The summed E-state index contributed by atoms with van der Waals surface area (Å²) in [5.74, 6) is 0.120. The molecule has 0 saturated heterocycles. The molecule has 2 aromatic carbocycles. The number of anilines is 1. The highest BCUT2D eigenvalue weighted by Gasteiger charge is 2.01. The number of hydrogen-bond acceptors (Lipinski definition) is 3. The minimum absolute atomic E-state index is 0.0188. The standard InChI is InChI=1S/C13H12FNO2/c14-10-2-1-3-11(7-10)17-8-9-4-5-12(15)13(16)6-9/h1-7,16H,8,15H2. The molecule has 88 valence electrons. The fraction of sp³-hybridized carbons (Fsp3) is 0.0769. The maximum atomic E-state index is 12.9. The lowest BCUT2D eigenvalue weighted by Crippen LogP contribution is -1.96. The van der Waals surface area contributed by atoms with E-state index in [1.165, 1.54) is 18.2 Å². The Hall–Kier alpha value is -2.23. The highest BCUT2D eigenvalue weighted by atomic mass is 19.1. The second-order valence-corrected chi connectivity index (χ2v) is 3.64. The monoisotopic (exact) mass is 233 g/mol. The van der Waals surface area contributed by atoms with E-state index in [1.54, 1.807) is 24.3 Å². The molecule has 2 rings (SSSR count). The van der Waals surface area contributed by atoms with Gasteiger partial charge in [-0.25, -0.2) is 4.39 Å². The Morgan fingerprint density at radius 1 is 1.18 bits per heavy atom. The van der Waals surface area contributed by atoms with Gasteiger partial charge in [0, 0.05) is 6.07 Å². The molecule has 4 heteroatoms. The van der Waals surface area contributed by atoms with E-state index in [0.29, 0.717) is 11.4 Å². The van der Waals surface area contributed by atoms with Gasteiger partial charge in [0.25, 0.3) is 0 Å². The fourth-order valence-electron chi connectivity index (χ4n) is 1.40. The van der Waals surface area contributed by atoms with Gasteiger partial charge in [-0.2, -0.15) is 0 Å². The van der Waals surface area contributed by atoms with E-state index in [-0.39, 0.29) is 18.2 Å². The zero-order valence-electron chi connectivity index (χ0n) is 9.06. The van der Waals surface area contributed by atoms with Crippen molar-refractivity contribution in [2.45, 2.75) is 6.61 Å². The summed E-state index contributed by atoms with van der Waals surface area (Å²) in [5.41, 5.74) is 6.56. The van der Waals surface area contributed by atoms with Crippen molar-refractivity contribution in [3.63, 3.8) is 0 Å². The molecule has 0 radical (unpaired) electrons. The molecule has 0 saturated carbocycles. The Bertz CT molecular complexity index is 529. The van der Waals surface area contributed by atoms with Gasteiger partial charge in [0.1, 0.15) is 23.9 Å². The Morgan fingerprint density at radius 2 is 2.00 bits per heavy atom. The Labute approximate surface area is 98.3 Å². The SMILES string of the molecule is Nc1ccc(COc2cccc(F)c2)cc1O. The summed E-state index contributed by atoms with van der Waals surface area (Å²) in [5, 5.41) is 9.40. The lowest BCUT2D eigenvalue weighted by Gasteiger charge is -2.07. The van der Waals surface area contributed by atoms with Gasteiger partial charge in [-0.1, -0.05) is 12.1 Å². The summed E-state index contributed by atoms with van der Waals surface area (Å²) in [7, 11) is 0. The van der Waals surface area contributed by atoms with Gasteiger partial charge in [-0.05, 0) is 29.8 Å². The summed E-state index contributed by atoms with van der Waals surface area (Å²) in [6.45, 7) is 0.247. The van der Waals surface area contributed by atoms with E-state index >= 15 is 0 Å². The zero-order chi connectivity index (χ0) is 12.3. The number of nitrogens with two attached hydrogens (primary N) is 1. The number of phenolic OH excluding ortho intramolecular Hbond substituents is 1. The van der Waals surface area contributed by atoms with Crippen LogP contribution in [-0.2, 0) is 6.61 Å². The van der Waals surface area contributed by atoms with Crippen LogP contribution in [0.1, 0.15) is 5.56 Å². The lowest BCUT2D eigenvalue weighted by molar-refractivity contribution is 0.304. The summed E-state index contributed by atoms with van der Waals surface area (Å²) >= 11 is 0. The van der Waals surface area contributed by atoms with Gasteiger partial charge in [0.15, 0.2) is 0 Å². The Kier molecular flexibility index (Phi) is 3.14. The molecule has 0 atom stereocenters. The molecular formula is C13H12FNO2. The van der Waals surface area contributed by atoms with Crippen LogP contribution in [0, 0.1) is 5.82 Å². The molecule has 3 nitrogen and oxygen atoms in total. The molecule has 0 spiro atoms. The summed E-state index contributed by atoms with van der Waals surface area (Å²) in [6.07, 6.45) is 0. The average molecular weight is 233 g/mol. The van der Waals surface area contributed by atoms with Crippen LogP contribution in [0.5, 0.6) is 11.5 Å². The summed E-state index contributed by atoms with van der Waals surface area (Å²) in [4.78, 5) is 0. The first-order chi connectivity index (χ1) is 8.15. The molecule has 2 aromatic rings. The van der Waals surface area contributed by atoms with Crippen molar-refractivity contribution in [3.8, 4) is 11.5 Å². The third-order valence-electron chi connectivity index (χ3n) is 2.30. The average Bonchev–Trinajstić information content (AvgIpc) is 2.31. The predicted molar refractivity (Wildman–Crippen MR) is 63.3 cm³/mol. The predicted octanol–water partition coefficient (Wildman–Crippen LogP) is 2.69. The van der Waals surface area contributed by atoms with E-state index in [1.807, 2.05) is 0 Å². The van der Waals surface area contributed by atoms with E-state index < -0.39 is 0 Å². The van der Waals surface area contributed by atoms with Crippen LogP contribution in [0.15, 0.2) is 42.5 Å². The highest BCUT2D eigenvalue weighted by Crippen LogP contribution is 2.22. The topological polar surface area (TPSA) is 55.5 Å². The number of benzene rings is 2. The Morgan fingerprint density at radius 3 is 2.71 bits per heavy atom. The molecule has 0 aliphatic heterocycles. The Balaban J connectivity index is 2.05. The van der Waals surface area contributed by atoms with Gasteiger partial charge in [0.05, 0.1) is 5.69 Å². The number of phenols is 1. The maximum absolute atomic E-state index is 12.9. The molecule has 17 heavy (non-hydrogen) atoms. The van der Waals surface area contributed by atoms with Crippen molar-refractivity contribution in [3.05, 3.63) is 53.8 Å². The summed E-state index contributed by atoms with van der Waals surface area (Å²) in [6, 6.07) is 10.8. The minimum Gasteiger partial charge on any atom is -0.506 e. The van der Waals surface area contributed by atoms with E-state index in [4.69, 9.17) is 10.5 Å². The van der Waals surface area contributed by atoms with Crippen molar-refractivity contribution in [2.24, 2.45) is 0 Å². The molecule has 0 aromatic heterocycles. The third kappa shape index (κ3) is 2.87. The lowest BCUT2D eigenvalue weighted by atomic mass is 10.2. The van der Waals surface area contributed by atoms with Crippen molar-refractivity contribution in [1.29, 1.82) is 0 Å². The van der Waals surface area contributed by atoms with E-state index in [2.05, 4.69) is 0 Å². The van der Waals surface area contributed by atoms with Crippen molar-refractivity contribution in [1.82, 2.24) is 0 Å². The number of aromatic hydroxyl groups is 1. The molecule has 0 unspecified atom stereocenters. The van der Waals surface area contributed by atoms with Crippen LogP contribution >= 0.6 is 0 Å². The molecule has 0 bridgehead atoms. The smallest absolute Gasteiger partial charge is 0.138 e. The second kappa shape index (κ2) is 4.74. The molecule has 0 amide bonds. The first kappa shape index (κ1) is 11.3. The van der Waals surface area contributed by atoms with E-state index in [9.17, 15) is 9.50 Å². The van der Waals surface area contributed by atoms with Crippen LogP contribution in [0.4, 0.5) is 10.1 Å². The van der Waals surface area contributed by atoms with E-state index in [0.717, 1.165) is 5.56 Å². The van der Waals surface area contributed by atoms with Crippen LogP contribution in [-0.4, -0.2) is 5.11 Å². The van der Waals surface area contributed by atoms with Crippen LogP contribution in [0.2, 0.25) is 0 Å². The summed E-state index contributed by atoms with van der Waals surface area (Å²) < 4.78 is 18.2.